The van der Waals surface area contributed by atoms with Crippen molar-refractivity contribution in [1.82, 2.24) is 20.2 Å². The minimum Gasteiger partial charge on any atom is -0.272 e. The zero-order chi connectivity index (χ0) is 22.3. The number of hydrazone groups is 1. The van der Waals surface area contributed by atoms with Gasteiger partial charge in [-0.15, -0.1) is 10.2 Å². The molecule has 0 aliphatic heterocycles. The van der Waals surface area contributed by atoms with E-state index in [1.165, 1.54) is 11.8 Å². The number of carbonyl (C=O) groups is 1. The summed E-state index contributed by atoms with van der Waals surface area (Å²) in [5.41, 5.74) is 5.30. The van der Waals surface area contributed by atoms with Crippen molar-refractivity contribution in [2.24, 2.45) is 5.10 Å². The van der Waals surface area contributed by atoms with E-state index in [4.69, 9.17) is 0 Å². The number of carbonyl (C=O) groups excluding carboxylic acids is 1. The molecule has 4 rings (SSSR count). The van der Waals surface area contributed by atoms with Crippen molar-refractivity contribution in [2.75, 3.05) is 5.75 Å². The highest BCUT2D eigenvalue weighted by molar-refractivity contribution is 9.10. The second-order valence-electron chi connectivity index (χ2n) is 6.62. The predicted molar refractivity (Wildman–Crippen MR) is 135 cm³/mol. The lowest BCUT2D eigenvalue weighted by atomic mass is 10.2. The van der Waals surface area contributed by atoms with Gasteiger partial charge in [-0.2, -0.15) is 5.10 Å². The molecule has 160 valence electrons. The van der Waals surface area contributed by atoms with Gasteiger partial charge >= 0.3 is 0 Å². The van der Waals surface area contributed by atoms with Crippen molar-refractivity contribution in [2.45, 2.75) is 5.16 Å². The number of halogens is 2. The largest absolute Gasteiger partial charge is 0.272 e. The molecule has 1 amide bonds. The van der Waals surface area contributed by atoms with Crippen LogP contribution in [0, 0.1) is 0 Å². The fourth-order valence-electron chi connectivity index (χ4n) is 2.85. The normalized spacial score (nSPS) is 11.1. The molecule has 1 N–H and O–H groups in total. The number of hydrogen-bond donors (Lipinski definition) is 1. The molecular weight excluding hydrogens is 554 g/mol. The van der Waals surface area contributed by atoms with Crippen LogP contribution in [0.25, 0.3) is 17.1 Å². The first-order valence-electron chi connectivity index (χ1n) is 9.57. The van der Waals surface area contributed by atoms with E-state index in [1.807, 2.05) is 83.4 Å². The van der Waals surface area contributed by atoms with Crippen molar-refractivity contribution in [3.8, 4) is 17.1 Å². The van der Waals surface area contributed by atoms with Gasteiger partial charge in [-0.3, -0.25) is 9.36 Å². The number of rotatable bonds is 7. The Kier molecular flexibility index (Phi) is 7.51. The van der Waals surface area contributed by atoms with Crippen LogP contribution in [0.3, 0.4) is 0 Å². The summed E-state index contributed by atoms with van der Waals surface area (Å²) in [7, 11) is 0. The third-order valence-electron chi connectivity index (χ3n) is 4.36. The van der Waals surface area contributed by atoms with E-state index in [0.29, 0.717) is 11.0 Å². The maximum Gasteiger partial charge on any atom is 0.250 e. The molecular formula is C23H17Br2N5OS. The van der Waals surface area contributed by atoms with E-state index in [9.17, 15) is 4.79 Å². The summed E-state index contributed by atoms with van der Waals surface area (Å²) in [4.78, 5) is 12.3. The monoisotopic (exact) mass is 569 g/mol. The standard InChI is InChI=1S/C23H17Br2N5OS/c24-18-8-6-16(7-9-18)14-26-27-21(31)15-32-23-29-28-22(17-4-2-1-3-5-17)30(23)20-12-10-19(25)11-13-20/h1-14H,15H2,(H,27,31)/b26-14-. The number of aromatic nitrogens is 3. The van der Waals surface area contributed by atoms with Gasteiger partial charge in [0.1, 0.15) is 0 Å². The molecule has 0 radical (unpaired) electrons. The van der Waals surface area contributed by atoms with Crippen LogP contribution in [0.2, 0.25) is 0 Å². The quantitative estimate of drug-likeness (QED) is 0.176. The summed E-state index contributed by atoms with van der Waals surface area (Å²) in [6.07, 6.45) is 1.60. The van der Waals surface area contributed by atoms with Crippen LogP contribution in [0.1, 0.15) is 5.56 Å². The number of nitrogens with zero attached hydrogens (tertiary/aromatic N) is 4. The molecule has 1 heterocycles. The van der Waals surface area contributed by atoms with Gasteiger partial charge in [0.15, 0.2) is 11.0 Å². The van der Waals surface area contributed by atoms with E-state index >= 15 is 0 Å². The van der Waals surface area contributed by atoms with Crippen molar-refractivity contribution < 1.29 is 4.79 Å². The highest BCUT2D eigenvalue weighted by Gasteiger charge is 2.17. The minimum absolute atomic E-state index is 0.154. The molecule has 1 aromatic heterocycles. The van der Waals surface area contributed by atoms with E-state index in [0.717, 1.165) is 25.8 Å². The average Bonchev–Trinajstić information content (AvgIpc) is 3.24. The highest BCUT2D eigenvalue weighted by Crippen LogP contribution is 2.28. The Morgan fingerprint density at radius 1 is 0.938 bits per heavy atom. The Morgan fingerprint density at radius 2 is 1.59 bits per heavy atom. The van der Waals surface area contributed by atoms with Gasteiger partial charge in [-0.1, -0.05) is 86.1 Å². The van der Waals surface area contributed by atoms with Crippen LogP contribution < -0.4 is 5.43 Å². The molecule has 0 aliphatic rings. The molecule has 9 heteroatoms. The summed E-state index contributed by atoms with van der Waals surface area (Å²) >= 11 is 8.16. The first-order valence-corrected chi connectivity index (χ1v) is 12.1. The van der Waals surface area contributed by atoms with Gasteiger partial charge in [-0.05, 0) is 42.0 Å². The van der Waals surface area contributed by atoms with Crippen LogP contribution in [-0.4, -0.2) is 32.6 Å². The lowest BCUT2D eigenvalue weighted by molar-refractivity contribution is -0.118. The molecule has 0 aliphatic carbocycles. The molecule has 0 fully saturated rings. The van der Waals surface area contributed by atoms with Crippen molar-refractivity contribution in [1.29, 1.82) is 0 Å². The van der Waals surface area contributed by atoms with Crippen LogP contribution in [-0.2, 0) is 4.79 Å². The summed E-state index contributed by atoms with van der Waals surface area (Å²) in [5, 5.41) is 13.4. The smallest absolute Gasteiger partial charge is 0.250 e. The summed E-state index contributed by atoms with van der Waals surface area (Å²) in [6, 6.07) is 25.4. The Balaban J connectivity index is 1.49. The molecule has 0 saturated heterocycles. The highest BCUT2D eigenvalue weighted by atomic mass is 79.9. The van der Waals surface area contributed by atoms with E-state index < -0.39 is 0 Å². The maximum atomic E-state index is 12.3. The van der Waals surface area contributed by atoms with E-state index in [1.54, 1.807) is 6.21 Å². The molecule has 32 heavy (non-hydrogen) atoms. The number of amides is 1. The molecule has 0 atom stereocenters. The zero-order valence-corrected chi connectivity index (χ0v) is 20.6. The Labute approximate surface area is 206 Å². The molecule has 3 aromatic carbocycles. The number of nitrogens with one attached hydrogen (secondary N) is 1. The molecule has 0 unspecified atom stereocenters. The number of hydrogen-bond acceptors (Lipinski definition) is 5. The van der Waals surface area contributed by atoms with Crippen molar-refractivity contribution in [3.05, 3.63) is 93.4 Å². The van der Waals surface area contributed by atoms with Crippen LogP contribution in [0.4, 0.5) is 0 Å². The molecule has 0 bridgehead atoms. The second-order valence-corrected chi connectivity index (χ2v) is 9.39. The molecule has 4 aromatic rings. The average molecular weight is 571 g/mol. The first-order chi connectivity index (χ1) is 15.6. The molecule has 0 saturated carbocycles. The summed E-state index contributed by atoms with van der Waals surface area (Å²) in [5.74, 6) is 0.639. The van der Waals surface area contributed by atoms with E-state index in [2.05, 4.69) is 52.6 Å². The lowest BCUT2D eigenvalue weighted by Gasteiger charge is -2.10. The zero-order valence-electron chi connectivity index (χ0n) is 16.7. The van der Waals surface area contributed by atoms with Crippen molar-refractivity contribution >= 4 is 55.7 Å². The van der Waals surface area contributed by atoms with Gasteiger partial charge in [0.25, 0.3) is 5.91 Å². The maximum absolute atomic E-state index is 12.3. The van der Waals surface area contributed by atoms with Gasteiger partial charge in [0.2, 0.25) is 0 Å². The summed E-state index contributed by atoms with van der Waals surface area (Å²) in [6.45, 7) is 0. The second kappa shape index (κ2) is 10.7. The third kappa shape index (κ3) is 5.73. The molecule has 6 nitrogen and oxygen atoms in total. The number of thioether (sulfide) groups is 1. The van der Waals surface area contributed by atoms with Gasteiger partial charge in [-0.25, -0.2) is 5.43 Å². The first kappa shape index (κ1) is 22.4. The van der Waals surface area contributed by atoms with Crippen LogP contribution >= 0.6 is 43.6 Å². The Bertz CT molecular complexity index is 1230. The lowest BCUT2D eigenvalue weighted by Crippen LogP contribution is -2.20. The predicted octanol–water partition coefficient (Wildman–Crippen LogP) is 5.70. The van der Waals surface area contributed by atoms with Gasteiger partial charge in [0, 0.05) is 20.2 Å². The molecule has 0 spiro atoms. The van der Waals surface area contributed by atoms with Gasteiger partial charge in [0.05, 0.1) is 12.0 Å². The Hall–Kier alpha value is -2.75. The summed E-state index contributed by atoms with van der Waals surface area (Å²) < 4.78 is 3.91. The fraction of sp³-hybridized carbons (Fsp3) is 0.0435. The van der Waals surface area contributed by atoms with Crippen molar-refractivity contribution in [3.63, 3.8) is 0 Å². The number of benzene rings is 3. The van der Waals surface area contributed by atoms with Gasteiger partial charge < -0.3 is 0 Å². The fourth-order valence-corrected chi connectivity index (χ4v) is 4.12. The van der Waals surface area contributed by atoms with Crippen LogP contribution in [0.5, 0.6) is 0 Å². The van der Waals surface area contributed by atoms with Crippen LogP contribution in [0.15, 0.2) is 98.1 Å². The third-order valence-corrected chi connectivity index (χ3v) is 6.34. The topological polar surface area (TPSA) is 72.2 Å². The minimum atomic E-state index is -0.227. The SMILES string of the molecule is O=C(CSc1nnc(-c2ccccc2)n1-c1ccc(Br)cc1)N/N=C\c1ccc(Br)cc1. The van der Waals surface area contributed by atoms with E-state index in [-0.39, 0.29) is 11.7 Å². The Morgan fingerprint density at radius 3 is 2.28 bits per heavy atom.